The predicted octanol–water partition coefficient (Wildman–Crippen LogP) is 6.24. The third-order valence-electron chi connectivity index (χ3n) is 3.91. The highest BCUT2D eigenvalue weighted by Gasteiger charge is 2.11. The van der Waals surface area contributed by atoms with Gasteiger partial charge in [-0.05, 0) is 24.1 Å². The van der Waals surface area contributed by atoms with E-state index in [1.165, 1.54) is 64.2 Å². The number of hydrogen-bond donors (Lipinski definition) is 1. The molecule has 0 aromatic carbocycles. The largest absolute Gasteiger partial charge is 0.453 e. The van der Waals surface area contributed by atoms with E-state index in [9.17, 15) is 0 Å². The molecule has 0 saturated carbocycles. The van der Waals surface area contributed by atoms with Crippen LogP contribution in [0.5, 0.6) is 0 Å². The highest BCUT2D eigenvalue weighted by Crippen LogP contribution is 2.26. The van der Waals surface area contributed by atoms with Gasteiger partial charge < -0.3 is 10.2 Å². The first-order chi connectivity index (χ1) is 9.75. The third kappa shape index (κ3) is 7.35. The standard InChI is InChI=1S/C17H30ClNO/c1-2-3-4-5-6-7-8-9-10-11-12-16(19)15-13-14-20-17(15)18/h13-14,16H,2-12,19H2,1H3. The monoisotopic (exact) mass is 299 g/mol. The summed E-state index contributed by atoms with van der Waals surface area (Å²) in [6.45, 7) is 2.27. The van der Waals surface area contributed by atoms with Gasteiger partial charge >= 0.3 is 0 Å². The van der Waals surface area contributed by atoms with Crippen LogP contribution in [-0.4, -0.2) is 0 Å². The fourth-order valence-corrected chi connectivity index (χ4v) is 2.83. The summed E-state index contributed by atoms with van der Waals surface area (Å²) < 4.78 is 5.07. The summed E-state index contributed by atoms with van der Waals surface area (Å²) in [5, 5.41) is 0.449. The summed E-state index contributed by atoms with van der Waals surface area (Å²) in [6.07, 6.45) is 16.1. The Balaban J connectivity index is 1.91. The maximum absolute atomic E-state index is 6.10. The molecular weight excluding hydrogens is 270 g/mol. The Hall–Kier alpha value is -0.470. The lowest BCUT2D eigenvalue weighted by Crippen LogP contribution is -2.09. The second-order valence-corrected chi connectivity index (χ2v) is 6.07. The molecule has 1 heterocycles. The molecule has 2 N–H and O–H groups in total. The fraction of sp³-hybridized carbons (Fsp3) is 0.765. The first-order valence-corrected chi connectivity index (χ1v) is 8.62. The molecule has 20 heavy (non-hydrogen) atoms. The van der Waals surface area contributed by atoms with Gasteiger partial charge in [-0.15, -0.1) is 0 Å². The van der Waals surface area contributed by atoms with E-state index < -0.39 is 0 Å². The Kier molecular flexibility index (Phi) is 9.86. The van der Waals surface area contributed by atoms with Gasteiger partial charge in [-0.1, -0.05) is 71.1 Å². The average molecular weight is 300 g/mol. The fourth-order valence-electron chi connectivity index (χ4n) is 2.58. The van der Waals surface area contributed by atoms with Crippen molar-refractivity contribution in [3.8, 4) is 0 Å². The molecule has 0 saturated heterocycles. The lowest BCUT2D eigenvalue weighted by Gasteiger charge is -2.09. The number of hydrogen-bond acceptors (Lipinski definition) is 2. The zero-order valence-electron chi connectivity index (χ0n) is 12.9. The zero-order valence-corrected chi connectivity index (χ0v) is 13.6. The molecule has 0 aliphatic carbocycles. The molecule has 1 aromatic rings. The first-order valence-electron chi connectivity index (χ1n) is 8.24. The van der Waals surface area contributed by atoms with Crippen molar-refractivity contribution in [3.63, 3.8) is 0 Å². The van der Waals surface area contributed by atoms with Crippen LogP contribution in [0.25, 0.3) is 0 Å². The number of halogens is 1. The Morgan fingerprint density at radius 3 is 2.05 bits per heavy atom. The molecule has 1 aromatic heterocycles. The molecule has 0 radical (unpaired) electrons. The molecule has 2 nitrogen and oxygen atoms in total. The molecule has 0 spiro atoms. The third-order valence-corrected chi connectivity index (χ3v) is 4.22. The molecular formula is C17H30ClNO. The summed E-state index contributed by atoms with van der Waals surface area (Å²) in [5.74, 6) is 0. The number of nitrogens with two attached hydrogens (primary N) is 1. The van der Waals surface area contributed by atoms with Crippen LogP contribution in [0.3, 0.4) is 0 Å². The second-order valence-electron chi connectivity index (χ2n) is 5.73. The SMILES string of the molecule is CCCCCCCCCCCCC(N)c1ccoc1Cl. The summed E-state index contributed by atoms with van der Waals surface area (Å²) in [5.41, 5.74) is 7.05. The molecule has 0 fully saturated rings. The van der Waals surface area contributed by atoms with Gasteiger partial charge in [0.1, 0.15) is 0 Å². The van der Waals surface area contributed by atoms with Crippen LogP contribution in [0.2, 0.25) is 5.22 Å². The van der Waals surface area contributed by atoms with Crippen molar-refractivity contribution in [2.75, 3.05) is 0 Å². The summed E-state index contributed by atoms with van der Waals surface area (Å²) in [6, 6.07) is 1.90. The van der Waals surface area contributed by atoms with Crippen LogP contribution < -0.4 is 5.73 Å². The van der Waals surface area contributed by atoms with Crippen molar-refractivity contribution in [2.24, 2.45) is 5.73 Å². The van der Waals surface area contributed by atoms with E-state index in [1.54, 1.807) is 6.26 Å². The van der Waals surface area contributed by atoms with Crippen molar-refractivity contribution in [1.29, 1.82) is 0 Å². The molecule has 1 unspecified atom stereocenters. The van der Waals surface area contributed by atoms with Gasteiger partial charge in [-0.2, -0.15) is 0 Å². The van der Waals surface area contributed by atoms with Crippen LogP contribution in [-0.2, 0) is 0 Å². The maximum Gasteiger partial charge on any atom is 0.197 e. The van der Waals surface area contributed by atoms with E-state index in [0.29, 0.717) is 5.22 Å². The predicted molar refractivity (Wildman–Crippen MR) is 87.1 cm³/mol. The van der Waals surface area contributed by atoms with Crippen molar-refractivity contribution in [2.45, 2.75) is 83.6 Å². The minimum absolute atomic E-state index is 0.0234. The van der Waals surface area contributed by atoms with E-state index in [1.807, 2.05) is 6.07 Å². The van der Waals surface area contributed by atoms with Gasteiger partial charge in [0, 0.05) is 11.6 Å². The molecule has 0 amide bonds. The summed E-state index contributed by atoms with van der Waals surface area (Å²) in [4.78, 5) is 0. The van der Waals surface area contributed by atoms with E-state index in [2.05, 4.69) is 6.92 Å². The number of rotatable bonds is 12. The molecule has 0 aliphatic rings. The molecule has 0 bridgehead atoms. The quantitative estimate of drug-likeness (QED) is 0.464. The van der Waals surface area contributed by atoms with Crippen molar-refractivity contribution in [1.82, 2.24) is 0 Å². The highest BCUT2D eigenvalue weighted by molar-refractivity contribution is 6.29. The van der Waals surface area contributed by atoms with Crippen molar-refractivity contribution in [3.05, 3.63) is 23.1 Å². The molecule has 3 heteroatoms. The van der Waals surface area contributed by atoms with Gasteiger partial charge in [-0.25, -0.2) is 0 Å². The zero-order chi connectivity index (χ0) is 14.6. The molecule has 116 valence electrons. The normalized spacial score (nSPS) is 12.8. The van der Waals surface area contributed by atoms with Crippen LogP contribution in [0, 0.1) is 0 Å². The van der Waals surface area contributed by atoms with E-state index >= 15 is 0 Å². The van der Waals surface area contributed by atoms with Gasteiger partial charge in [0.25, 0.3) is 0 Å². The second kappa shape index (κ2) is 11.2. The summed E-state index contributed by atoms with van der Waals surface area (Å²) >= 11 is 5.92. The van der Waals surface area contributed by atoms with Crippen LogP contribution in [0.4, 0.5) is 0 Å². The van der Waals surface area contributed by atoms with Crippen LogP contribution >= 0.6 is 11.6 Å². The minimum Gasteiger partial charge on any atom is -0.453 e. The van der Waals surface area contributed by atoms with E-state index in [4.69, 9.17) is 21.8 Å². The Labute approximate surface area is 129 Å². The molecule has 1 atom stereocenters. The van der Waals surface area contributed by atoms with Crippen LogP contribution in [0.1, 0.15) is 89.2 Å². The lowest BCUT2D eigenvalue weighted by molar-refractivity contribution is 0.522. The molecule has 1 rings (SSSR count). The maximum atomic E-state index is 6.10. The van der Waals surface area contributed by atoms with Crippen molar-refractivity contribution >= 4 is 11.6 Å². The number of unbranched alkanes of at least 4 members (excludes halogenated alkanes) is 9. The smallest absolute Gasteiger partial charge is 0.197 e. The van der Waals surface area contributed by atoms with Gasteiger partial charge in [-0.3, -0.25) is 0 Å². The summed E-state index contributed by atoms with van der Waals surface area (Å²) in [7, 11) is 0. The van der Waals surface area contributed by atoms with Gasteiger partial charge in [0.2, 0.25) is 0 Å². The van der Waals surface area contributed by atoms with Crippen LogP contribution in [0.15, 0.2) is 16.7 Å². The van der Waals surface area contributed by atoms with Crippen molar-refractivity contribution < 1.29 is 4.42 Å². The average Bonchev–Trinajstić information content (AvgIpc) is 2.87. The first kappa shape index (κ1) is 17.6. The minimum atomic E-state index is 0.0234. The van der Waals surface area contributed by atoms with Gasteiger partial charge in [0.05, 0.1) is 6.26 Å². The number of furan rings is 1. The van der Waals surface area contributed by atoms with E-state index in [-0.39, 0.29) is 6.04 Å². The Morgan fingerprint density at radius 1 is 1.00 bits per heavy atom. The topological polar surface area (TPSA) is 39.2 Å². The Bertz CT molecular complexity index is 337. The van der Waals surface area contributed by atoms with Gasteiger partial charge in [0.15, 0.2) is 5.22 Å². The Morgan fingerprint density at radius 2 is 1.55 bits per heavy atom. The highest BCUT2D eigenvalue weighted by atomic mass is 35.5. The molecule has 0 aliphatic heterocycles. The van der Waals surface area contributed by atoms with E-state index in [0.717, 1.165) is 12.0 Å². The lowest BCUT2D eigenvalue weighted by atomic mass is 10.0.